The average Bonchev–Trinajstić information content (AvgIpc) is 2.63. The predicted molar refractivity (Wildman–Crippen MR) is 93.5 cm³/mol. The summed E-state index contributed by atoms with van der Waals surface area (Å²) in [7, 11) is 0. The van der Waals surface area contributed by atoms with Gasteiger partial charge in [0.2, 0.25) is 5.91 Å². The van der Waals surface area contributed by atoms with Crippen LogP contribution in [0.15, 0.2) is 65.7 Å². The second-order valence-corrected chi connectivity index (χ2v) is 5.59. The normalized spacial score (nSPS) is 10.7. The van der Waals surface area contributed by atoms with Crippen LogP contribution >= 0.6 is 0 Å². The van der Waals surface area contributed by atoms with Crippen molar-refractivity contribution in [2.75, 3.05) is 6.54 Å². The van der Waals surface area contributed by atoms with Gasteiger partial charge >= 0.3 is 0 Å². The Morgan fingerprint density at radius 3 is 2.54 bits per heavy atom. The van der Waals surface area contributed by atoms with Crippen molar-refractivity contribution < 1.29 is 4.79 Å². The summed E-state index contributed by atoms with van der Waals surface area (Å²) in [6, 6.07) is 17.0. The number of carbonyl (C=O) groups is 1. The van der Waals surface area contributed by atoms with Gasteiger partial charge in [-0.05, 0) is 24.6 Å². The van der Waals surface area contributed by atoms with E-state index in [2.05, 4.69) is 4.98 Å². The second-order valence-electron chi connectivity index (χ2n) is 5.59. The van der Waals surface area contributed by atoms with Gasteiger partial charge in [0.25, 0.3) is 5.56 Å². The quantitative estimate of drug-likeness (QED) is 0.725. The van der Waals surface area contributed by atoms with Gasteiger partial charge in [-0.2, -0.15) is 0 Å². The zero-order valence-electron chi connectivity index (χ0n) is 13.6. The lowest BCUT2D eigenvalue weighted by molar-refractivity contribution is -0.132. The maximum Gasteiger partial charge on any atom is 0.261 e. The van der Waals surface area contributed by atoms with Crippen molar-refractivity contribution in [1.82, 2.24) is 14.5 Å². The van der Waals surface area contributed by atoms with Gasteiger partial charge in [-0.25, -0.2) is 4.98 Å². The largest absolute Gasteiger partial charge is 0.337 e. The molecule has 122 valence electrons. The first-order valence-electron chi connectivity index (χ1n) is 7.95. The number of rotatable bonds is 5. The lowest BCUT2D eigenvalue weighted by Gasteiger charge is -2.21. The van der Waals surface area contributed by atoms with Crippen molar-refractivity contribution in [2.24, 2.45) is 0 Å². The van der Waals surface area contributed by atoms with Crippen LogP contribution in [0.2, 0.25) is 0 Å². The number of hydrogen-bond acceptors (Lipinski definition) is 3. The third-order valence-corrected chi connectivity index (χ3v) is 3.99. The topological polar surface area (TPSA) is 55.2 Å². The molecule has 3 aromatic rings. The Morgan fingerprint density at radius 1 is 1.08 bits per heavy atom. The van der Waals surface area contributed by atoms with Crippen LogP contribution in [0.25, 0.3) is 10.9 Å². The lowest BCUT2D eigenvalue weighted by atomic mass is 10.2. The van der Waals surface area contributed by atoms with Crippen LogP contribution in [-0.2, 0) is 17.9 Å². The van der Waals surface area contributed by atoms with E-state index in [9.17, 15) is 9.59 Å². The highest BCUT2D eigenvalue weighted by molar-refractivity contribution is 5.79. The van der Waals surface area contributed by atoms with E-state index in [1.54, 1.807) is 23.1 Å². The molecule has 2 aromatic carbocycles. The van der Waals surface area contributed by atoms with Crippen LogP contribution in [0.3, 0.4) is 0 Å². The molecule has 1 amide bonds. The smallest absolute Gasteiger partial charge is 0.261 e. The van der Waals surface area contributed by atoms with Crippen molar-refractivity contribution in [3.63, 3.8) is 0 Å². The number of fused-ring (bicyclic) bond motifs is 1. The molecule has 0 radical (unpaired) electrons. The SMILES string of the molecule is CCN(Cc1ccccc1)C(=O)Cn1cnc2ccccc2c1=O. The zero-order valence-corrected chi connectivity index (χ0v) is 13.6. The molecule has 5 nitrogen and oxygen atoms in total. The molecule has 0 fully saturated rings. The minimum absolute atomic E-state index is 0.00264. The fourth-order valence-electron chi connectivity index (χ4n) is 2.64. The Kier molecular flexibility index (Phi) is 4.70. The van der Waals surface area contributed by atoms with E-state index in [1.807, 2.05) is 43.3 Å². The Hall–Kier alpha value is -2.95. The molecule has 5 heteroatoms. The van der Waals surface area contributed by atoms with Crippen molar-refractivity contribution in [3.05, 3.63) is 76.8 Å². The van der Waals surface area contributed by atoms with Gasteiger partial charge in [-0.15, -0.1) is 0 Å². The Morgan fingerprint density at radius 2 is 1.79 bits per heavy atom. The number of likely N-dealkylation sites (N-methyl/N-ethyl adjacent to an activating group) is 1. The lowest BCUT2D eigenvalue weighted by Crippen LogP contribution is -2.36. The van der Waals surface area contributed by atoms with E-state index in [0.717, 1.165) is 5.56 Å². The molecule has 3 rings (SSSR count). The molecule has 0 aliphatic rings. The molecule has 0 spiro atoms. The zero-order chi connectivity index (χ0) is 16.9. The van der Waals surface area contributed by atoms with Crippen molar-refractivity contribution >= 4 is 16.8 Å². The molecule has 0 unspecified atom stereocenters. The van der Waals surface area contributed by atoms with Crippen LogP contribution < -0.4 is 5.56 Å². The number of aromatic nitrogens is 2. The highest BCUT2D eigenvalue weighted by atomic mass is 16.2. The number of amides is 1. The van der Waals surface area contributed by atoms with Gasteiger partial charge in [0.05, 0.1) is 17.2 Å². The van der Waals surface area contributed by atoms with Crippen molar-refractivity contribution in [3.8, 4) is 0 Å². The molecular formula is C19H19N3O2. The van der Waals surface area contributed by atoms with Gasteiger partial charge in [0.1, 0.15) is 6.54 Å². The Balaban J connectivity index is 1.80. The fraction of sp³-hybridized carbons (Fsp3) is 0.211. The standard InChI is InChI=1S/C19H19N3O2/c1-2-21(12-15-8-4-3-5-9-15)18(23)13-22-14-20-17-11-7-6-10-16(17)19(22)24/h3-11,14H,2,12-13H2,1H3. The van der Waals surface area contributed by atoms with Crippen molar-refractivity contribution in [2.45, 2.75) is 20.0 Å². The fourth-order valence-corrected chi connectivity index (χ4v) is 2.64. The summed E-state index contributed by atoms with van der Waals surface area (Å²) in [5.41, 5.74) is 1.52. The van der Waals surface area contributed by atoms with E-state index >= 15 is 0 Å². The first-order valence-corrected chi connectivity index (χ1v) is 7.95. The van der Waals surface area contributed by atoms with E-state index in [-0.39, 0.29) is 18.0 Å². The predicted octanol–water partition coefficient (Wildman–Crippen LogP) is 2.45. The second kappa shape index (κ2) is 7.08. The van der Waals surface area contributed by atoms with Gasteiger partial charge in [0, 0.05) is 13.1 Å². The molecule has 1 aromatic heterocycles. The molecule has 0 N–H and O–H groups in total. The Bertz CT molecular complexity index is 903. The molecular weight excluding hydrogens is 302 g/mol. The first kappa shape index (κ1) is 15.9. The van der Waals surface area contributed by atoms with E-state index in [0.29, 0.717) is 24.0 Å². The van der Waals surface area contributed by atoms with Crippen LogP contribution in [0.1, 0.15) is 12.5 Å². The molecule has 0 aliphatic carbocycles. The van der Waals surface area contributed by atoms with Gasteiger partial charge in [-0.1, -0.05) is 42.5 Å². The van der Waals surface area contributed by atoms with Crippen molar-refractivity contribution in [1.29, 1.82) is 0 Å². The maximum atomic E-state index is 12.6. The highest BCUT2D eigenvalue weighted by Crippen LogP contribution is 2.07. The van der Waals surface area contributed by atoms with Crippen LogP contribution in [-0.4, -0.2) is 26.9 Å². The van der Waals surface area contributed by atoms with Gasteiger partial charge in [-0.3, -0.25) is 14.2 Å². The summed E-state index contributed by atoms with van der Waals surface area (Å²) < 4.78 is 1.37. The first-order chi connectivity index (χ1) is 11.7. The number of nitrogens with zero attached hydrogens (tertiary/aromatic N) is 3. The average molecular weight is 321 g/mol. The molecule has 0 atom stereocenters. The molecule has 0 saturated heterocycles. The minimum atomic E-state index is -0.190. The highest BCUT2D eigenvalue weighted by Gasteiger charge is 2.14. The summed E-state index contributed by atoms with van der Waals surface area (Å²) >= 11 is 0. The third kappa shape index (κ3) is 3.35. The molecule has 24 heavy (non-hydrogen) atoms. The molecule has 0 saturated carbocycles. The number of para-hydroxylation sites is 1. The minimum Gasteiger partial charge on any atom is -0.337 e. The molecule has 0 aliphatic heterocycles. The Labute approximate surface area is 140 Å². The van der Waals surface area contributed by atoms with E-state index in [4.69, 9.17) is 0 Å². The summed E-state index contributed by atoms with van der Waals surface area (Å²) in [5, 5.41) is 0.527. The third-order valence-electron chi connectivity index (χ3n) is 3.99. The van der Waals surface area contributed by atoms with Crippen LogP contribution in [0.4, 0.5) is 0 Å². The summed E-state index contributed by atoms with van der Waals surface area (Å²) in [6.45, 7) is 3.05. The summed E-state index contributed by atoms with van der Waals surface area (Å²) in [4.78, 5) is 31.0. The monoisotopic (exact) mass is 321 g/mol. The maximum absolute atomic E-state index is 12.6. The number of benzene rings is 2. The van der Waals surface area contributed by atoms with Crippen LogP contribution in [0.5, 0.6) is 0 Å². The molecule has 1 heterocycles. The molecule has 0 bridgehead atoms. The number of carbonyl (C=O) groups excluding carboxylic acids is 1. The van der Waals surface area contributed by atoms with E-state index in [1.165, 1.54) is 10.9 Å². The van der Waals surface area contributed by atoms with Crippen LogP contribution in [0, 0.1) is 0 Å². The number of hydrogen-bond donors (Lipinski definition) is 0. The van der Waals surface area contributed by atoms with E-state index < -0.39 is 0 Å². The van der Waals surface area contributed by atoms with Gasteiger partial charge in [0.15, 0.2) is 0 Å². The summed E-state index contributed by atoms with van der Waals surface area (Å²) in [5.74, 6) is -0.0967. The van der Waals surface area contributed by atoms with Gasteiger partial charge < -0.3 is 4.90 Å². The summed E-state index contributed by atoms with van der Waals surface area (Å²) in [6.07, 6.45) is 1.44.